The van der Waals surface area contributed by atoms with E-state index in [9.17, 15) is 4.79 Å². The highest BCUT2D eigenvalue weighted by atomic mass is 16.5. The van der Waals surface area contributed by atoms with Crippen LogP contribution >= 0.6 is 0 Å². The summed E-state index contributed by atoms with van der Waals surface area (Å²) in [6.07, 6.45) is 7.23. The molecule has 1 aliphatic rings. The monoisotopic (exact) mass is 365 g/mol. The van der Waals surface area contributed by atoms with Crippen LogP contribution in [0.1, 0.15) is 16.8 Å². The van der Waals surface area contributed by atoms with Crippen molar-refractivity contribution in [1.82, 2.24) is 24.6 Å². The Balaban J connectivity index is 1.43. The molecule has 8 nitrogen and oxygen atoms in total. The van der Waals surface area contributed by atoms with Crippen LogP contribution in [0.2, 0.25) is 0 Å². The number of ether oxygens (including phenoxy) is 2. The number of rotatable bonds is 5. The van der Waals surface area contributed by atoms with Crippen LogP contribution < -0.4 is 9.47 Å². The molecule has 0 saturated carbocycles. The van der Waals surface area contributed by atoms with E-state index in [0.29, 0.717) is 30.4 Å². The van der Waals surface area contributed by atoms with Crippen LogP contribution in [-0.4, -0.2) is 56.9 Å². The highest BCUT2D eigenvalue weighted by Gasteiger charge is 2.29. The van der Waals surface area contributed by atoms with Gasteiger partial charge in [-0.1, -0.05) is 6.07 Å². The molecule has 3 heterocycles. The Morgan fingerprint density at radius 1 is 1.22 bits per heavy atom. The minimum Gasteiger partial charge on any atom is -0.480 e. The zero-order valence-electron chi connectivity index (χ0n) is 14.9. The first-order chi connectivity index (χ1) is 13.2. The van der Waals surface area contributed by atoms with Gasteiger partial charge in [-0.05, 0) is 24.3 Å². The quantitative estimate of drug-likeness (QED) is 0.687. The molecule has 1 amide bonds. The number of carbonyl (C=O) groups is 1. The van der Waals surface area contributed by atoms with Crippen molar-refractivity contribution in [2.45, 2.75) is 12.5 Å². The highest BCUT2D eigenvalue weighted by molar-refractivity contribution is 5.95. The smallest absolute Gasteiger partial charge is 0.254 e. The number of likely N-dealkylation sites (tertiary alicyclic amines) is 1. The zero-order chi connectivity index (χ0) is 18.6. The van der Waals surface area contributed by atoms with Gasteiger partial charge >= 0.3 is 0 Å². The van der Waals surface area contributed by atoms with Gasteiger partial charge in [-0.25, -0.2) is 4.68 Å². The average molecular weight is 365 g/mol. The van der Waals surface area contributed by atoms with Crippen molar-refractivity contribution in [2.75, 3.05) is 20.2 Å². The molecule has 1 aromatic carbocycles. The predicted molar refractivity (Wildman–Crippen MR) is 97.1 cm³/mol. The molecule has 0 N–H and O–H groups in total. The van der Waals surface area contributed by atoms with Crippen LogP contribution in [0.25, 0.3) is 5.69 Å². The SMILES string of the molecule is COc1cncc(OC2CCN(C(=O)c3cccc(-n4cccn4)c3)C2)n1. The van der Waals surface area contributed by atoms with Gasteiger partial charge in [0.15, 0.2) is 0 Å². The second kappa shape index (κ2) is 7.45. The van der Waals surface area contributed by atoms with Gasteiger partial charge in [-0.15, -0.1) is 0 Å². The van der Waals surface area contributed by atoms with Crippen LogP contribution in [-0.2, 0) is 0 Å². The minimum absolute atomic E-state index is 0.0215. The Labute approximate surface area is 156 Å². The van der Waals surface area contributed by atoms with Crippen molar-refractivity contribution >= 4 is 5.91 Å². The largest absolute Gasteiger partial charge is 0.480 e. The summed E-state index contributed by atoms with van der Waals surface area (Å²) in [7, 11) is 1.53. The molecule has 2 aromatic heterocycles. The molecule has 1 unspecified atom stereocenters. The molecule has 1 aliphatic heterocycles. The summed E-state index contributed by atoms with van der Waals surface area (Å²) < 4.78 is 12.6. The van der Waals surface area contributed by atoms with E-state index >= 15 is 0 Å². The van der Waals surface area contributed by atoms with Crippen molar-refractivity contribution in [2.24, 2.45) is 0 Å². The van der Waals surface area contributed by atoms with Crippen LogP contribution in [0.4, 0.5) is 0 Å². The first-order valence-corrected chi connectivity index (χ1v) is 8.65. The molecule has 4 rings (SSSR count). The minimum atomic E-state index is -0.121. The second-order valence-corrected chi connectivity index (χ2v) is 6.18. The average Bonchev–Trinajstić information content (AvgIpc) is 3.40. The lowest BCUT2D eigenvalue weighted by molar-refractivity contribution is 0.0771. The van der Waals surface area contributed by atoms with Gasteiger partial charge in [0.1, 0.15) is 6.10 Å². The lowest BCUT2D eigenvalue weighted by Crippen LogP contribution is -2.31. The highest BCUT2D eigenvalue weighted by Crippen LogP contribution is 2.20. The first-order valence-electron chi connectivity index (χ1n) is 8.65. The summed E-state index contributed by atoms with van der Waals surface area (Å²) >= 11 is 0. The van der Waals surface area contributed by atoms with E-state index in [4.69, 9.17) is 9.47 Å². The number of hydrogen-bond donors (Lipinski definition) is 0. The van der Waals surface area contributed by atoms with E-state index in [1.54, 1.807) is 22.0 Å². The number of methoxy groups -OCH3 is 1. The molecular weight excluding hydrogens is 346 g/mol. The van der Waals surface area contributed by atoms with Gasteiger partial charge in [0, 0.05) is 30.9 Å². The molecule has 0 bridgehead atoms. The van der Waals surface area contributed by atoms with Gasteiger partial charge in [-0.3, -0.25) is 9.78 Å². The summed E-state index contributed by atoms with van der Waals surface area (Å²) in [5.74, 6) is 0.773. The Kier molecular flexibility index (Phi) is 4.69. The van der Waals surface area contributed by atoms with Crippen LogP contribution in [0.3, 0.4) is 0 Å². The number of carbonyl (C=O) groups excluding carboxylic acids is 1. The number of nitrogens with zero attached hydrogens (tertiary/aromatic N) is 5. The summed E-state index contributed by atoms with van der Waals surface area (Å²) in [5.41, 5.74) is 1.48. The molecule has 1 fully saturated rings. The molecule has 0 aliphatic carbocycles. The van der Waals surface area contributed by atoms with Crippen molar-refractivity contribution in [1.29, 1.82) is 0 Å². The second-order valence-electron chi connectivity index (χ2n) is 6.18. The lowest BCUT2D eigenvalue weighted by atomic mass is 10.2. The maximum Gasteiger partial charge on any atom is 0.254 e. The van der Waals surface area contributed by atoms with Gasteiger partial charge in [-0.2, -0.15) is 10.1 Å². The van der Waals surface area contributed by atoms with E-state index in [2.05, 4.69) is 15.1 Å². The molecule has 1 saturated heterocycles. The molecule has 138 valence electrons. The van der Waals surface area contributed by atoms with Crippen LogP contribution in [0.5, 0.6) is 11.8 Å². The molecule has 1 atom stereocenters. The maximum absolute atomic E-state index is 12.9. The third-order valence-electron chi connectivity index (χ3n) is 4.38. The van der Waals surface area contributed by atoms with Gasteiger partial charge < -0.3 is 14.4 Å². The molecule has 0 radical (unpaired) electrons. The number of aromatic nitrogens is 4. The Hall–Kier alpha value is -3.42. The summed E-state index contributed by atoms with van der Waals surface area (Å²) in [4.78, 5) is 22.9. The topological polar surface area (TPSA) is 82.4 Å². The van der Waals surface area contributed by atoms with Gasteiger partial charge in [0.2, 0.25) is 11.8 Å². The summed E-state index contributed by atoms with van der Waals surface area (Å²) in [5, 5.41) is 4.21. The zero-order valence-corrected chi connectivity index (χ0v) is 14.9. The fourth-order valence-electron chi connectivity index (χ4n) is 3.05. The van der Waals surface area contributed by atoms with E-state index in [1.807, 2.05) is 36.5 Å². The maximum atomic E-state index is 12.9. The van der Waals surface area contributed by atoms with Crippen molar-refractivity contribution < 1.29 is 14.3 Å². The van der Waals surface area contributed by atoms with Crippen molar-refractivity contribution in [3.63, 3.8) is 0 Å². The summed E-state index contributed by atoms with van der Waals surface area (Å²) in [6, 6.07) is 9.29. The van der Waals surface area contributed by atoms with E-state index < -0.39 is 0 Å². The fourth-order valence-corrected chi connectivity index (χ4v) is 3.05. The fraction of sp³-hybridized carbons (Fsp3) is 0.263. The normalized spacial score (nSPS) is 16.3. The lowest BCUT2D eigenvalue weighted by Gasteiger charge is -2.17. The molecule has 3 aromatic rings. The predicted octanol–water partition coefficient (Wildman–Crippen LogP) is 1.96. The van der Waals surface area contributed by atoms with E-state index in [-0.39, 0.29) is 12.0 Å². The molecule has 27 heavy (non-hydrogen) atoms. The number of benzene rings is 1. The Morgan fingerprint density at radius 3 is 2.93 bits per heavy atom. The number of hydrogen-bond acceptors (Lipinski definition) is 6. The van der Waals surface area contributed by atoms with Gasteiger partial charge in [0.05, 0.1) is 31.7 Å². The summed E-state index contributed by atoms with van der Waals surface area (Å²) in [6.45, 7) is 1.14. The third-order valence-corrected chi connectivity index (χ3v) is 4.38. The van der Waals surface area contributed by atoms with Crippen molar-refractivity contribution in [3.8, 4) is 17.4 Å². The Bertz CT molecular complexity index is 929. The molecule has 8 heteroatoms. The molecular formula is C19H19N5O3. The van der Waals surface area contributed by atoms with E-state index in [1.165, 1.54) is 13.3 Å². The van der Waals surface area contributed by atoms with Crippen LogP contribution in [0.15, 0.2) is 55.1 Å². The molecule has 0 spiro atoms. The third kappa shape index (κ3) is 3.74. The number of amides is 1. The Morgan fingerprint density at radius 2 is 2.11 bits per heavy atom. The first kappa shape index (κ1) is 17.0. The van der Waals surface area contributed by atoms with E-state index in [0.717, 1.165) is 12.1 Å². The van der Waals surface area contributed by atoms with Gasteiger partial charge in [0.25, 0.3) is 5.91 Å². The van der Waals surface area contributed by atoms with Crippen molar-refractivity contribution in [3.05, 3.63) is 60.7 Å². The standard InChI is InChI=1S/C19H19N5O3/c1-26-17-11-20-12-18(22-17)27-16-6-9-23(13-16)19(25)14-4-2-5-15(10-14)24-8-3-7-21-24/h2-5,7-8,10-12,16H,6,9,13H2,1H3. The van der Waals surface area contributed by atoms with Crippen LogP contribution in [0, 0.1) is 0 Å².